The van der Waals surface area contributed by atoms with Gasteiger partial charge in [-0.25, -0.2) is 0 Å². The molecule has 72 valence electrons. The summed E-state index contributed by atoms with van der Waals surface area (Å²) in [7, 11) is 0. The van der Waals surface area contributed by atoms with Crippen molar-refractivity contribution >= 4 is 17.3 Å². The molecule has 0 unspecified atom stereocenters. The van der Waals surface area contributed by atoms with Gasteiger partial charge < -0.3 is 0 Å². The van der Waals surface area contributed by atoms with E-state index in [1.165, 1.54) is 0 Å². The molecule has 0 bridgehead atoms. The molecule has 0 aromatic rings. The van der Waals surface area contributed by atoms with Crippen molar-refractivity contribution in [2.45, 2.75) is 39.5 Å². The lowest BCUT2D eigenvalue weighted by atomic mass is 9.68. The molecule has 0 atom stereocenters. The smallest absolute Gasteiger partial charge is 0.153 e. The fourth-order valence-electron chi connectivity index (χ4n) is 1.95. The maximum absolute atomic E-state index is 11.6. The van der Waals surface area contributed by atoms with Gasteiger partial charge in [0.25, 0.3) is 0 Å². The van der Waals surface area contributed by atoms with Gasteiger partial charge in [0.2, 0.25) is 0 Å². The van der Waals surface area contributed by atoms with Crippen LogP contribution in [-0.2, 0) is 14.4 Å². The molecule has 1 aliphatic rings. The molecule has 1 saturated carbocycles. The highest BCUT2D eigenvalue weighted by atomic mass is 16.2. The Labute approximate surface area is 77.5 Å². The highest BCUT2D eigenvalue weighted by Gasteiger charge is 2.46. The zero-order valence-corrected chi connectivity index (χ0v) is 8.05. The van der Waals surface area contributed by atoms with Crippen molar-refractivity contribution < 1.29 is 14.4 Å². The molecule has 0 saturated heterocycles. The molecule has 0 aromatic carbocycles. The highest BCUT2D eigenvalue weighted by molar-refractivity contribution is 6.23. The first-order valence-corrected chi connectivity index (χ1v) is 4.65. The summed E-state index contributed by atoms with van der Waals surface area (Å²) in [5.41, 5.74) is -0.839. The molecule has 0 spiro atoms. The molecule has 13 heavy (non-hydrogen) atoms. The van der Waals surface area contributed by atoms with Gasteiger partial charge in [-0.1, -0.05) is 13.8 Å². The Bertz CT molecular complexity index is 239. The van der Waals surface area contributed by atoms with E-state index in [-0.39, 0.29) is 30.2 Å². The Morgan fingerprint density at radius 1 is 1.00 bits per heavy atom. The topological polar surface area (TPSA) is 51.2 Å². The first kappa shape index (κ1) is 10.1. The largest absolute Gasteiger partial charge is 0.299 e. The maximum Gasteiger partial charge on any atom is 0.153 e. The van der Waals surface area contributed by atoms with Crippen LogP contribution in [0.15, 0.2) is 0 Å². The van der Waals surface area contributed by atoms with Crippen LogP contribution >= 0.6 is 0 Å². The van der Waals surface area contributed by atoms with Crippen LogP contribution in [0.4, 0.5) is 0 Å². The summed E-state index contributed by atoms with van der Waals surface area (Å²) in [5.74, 6) is -0.593. The summed E-state index contributed by atoms with van der Waals surface area (Å²) in [6.45, 7) is 3.66. The van der Waals surface area contributed by atoms with E-state index in [1.54, 1.807) is 0 Å². The third kappa shape index (κ3) is 1.43. The first-order valence-electron chi connectivity index (χ1n) is 4.65. The Morgan fingerprint density at radius 3 is 1.69 bits per heavy atom. The molecular weight excluding hydrogens is 168 g/mol. The average molecular weight is 182 g/mol. The minimum absolute atomic E-state index is 0.0482. The van der Waals surface area contributed by atoms with E-state index in [2.05, 4.69) is 0 Å². The summed E-state index contributed by atoms with van der Waals surface area (Å²) in [4.78, 5) is 34.1. The van der Waals surface area contributed by atoms with Crippen molar-refractivity contribution in [3.63, 3.8) is 0 Å². The number of carbonyl (C=O) groups excluding carboxylic acids is 3. The summed E-state index contributed by atoms with van der Waals surface area (Å²) in [5, 5.41) is 0. The molecular formula is C10H14O3. The molecule has 3 nitrogen and oxygen atoms in total. The van der Waals surface area contributed by atoms with E-state index < -0.39 is 5.41 Å². The third-order valence-corrected chi connectivity index (χ3v) is 2.99. The second-order valence-corrected chi connectivity index (χ2v) is 3.53. The third-order valence-electron chi connectivity index (χ3n) is 2.99. The summed E-state index contributed by atoms with van der Waals surface area (Å²) < 4.78 is 0. The van der Waals surface area contributed by atoms with Crippen molar-refractivity contribution in [1.29, 1.82) is 0 Å². The zero-order valence-electron chi connectivity index (χ0n) is 8.05. The van der Waals surface area contributed by atoms with Crippen LogP contribution in [0.3, 0.4) is 0 Å². The molecule has 0 N–H and O–H groups in total. The maximum atomic E-state index is 11.6. The SMILES string of the molecule is CCC1(CC)C(=O)CC(=O)CC1=O. The van der Waals surface area contributed by atoms with Gasteiger partial charge in [0.05, 0.1) is 18.3 Å². The predicted molar refractivity (Wildman–Crippen MR) is 47.3 cm³/mol. The first-order chi connectivity index (χ1) is 6.06. The molecule has 0 aromatic heterocycles. The normalized spacial score (nSPS) is 22.2. The molecule has 3 heteroatoms. The van der Waals surface area contributed by atoms with Crippen molar-refractivity contribution in [2.75, 3.05) is 0 Å². The Hall–Kier alpha value is -0.990. The number of Topliss-reactive ketones (excluding diaryl/α,β-unsaturated/α-hetero) is 3. The number of rotatable bonds is 2. The van der Waals surface area contributed by atoms with E-state index in [4.69, 9.17) is 0 Å². The van der Waals surface area contributed by atoms with E-state index >= 15 is 0 Å². The van der Waals surface area contributed by atoms with Crippen LogP contribution in [-0.4, -0.2) is 17.3 Å². The van der Waals surface area contributed by atoms with Gasteiger partial charge in [-0.15, -0.1) is 0 Å². The van der Waals surface area contributed by atoms with Crippen LogP contribution in [0.25, 0.3) is 0 Å². The number of carbonyl (C=O) groups is 3. The van der Waals surface area contributed by atoms with Crippen molar-refractivity contribution in [2.24, 2.45) is 5.41 Å². The van der Waals surface area contributed by atoms with Crippen LogP contribution < -0.4 is 0 Å². The van der Waals surface area contributed by atoms with Crippen molar-refractivity contribution in [3.8, 4) is 0 Å². The number of hydrogen-bond acceptors (Lipinski definition) is 3. The predicted octanol–water partition coefficient (Wildman–Crippen LogP) is 1.29. The second kappa shape index (κ2) is 3.40. The number of hydrogen-bond donors (Lipinski definition) is 0. The zero-order chi connectivity index (χ0) is 10.1. The lowest BCUT2D eigenvalue weighted by molar-refractivity contribution is -0.148. The quantitative estimate of drug-likeness (QED) is 0.605. The molecule has 1 fully saturated rings. The summed E-state index contributed by atoms with van der Waals surface area (Å²) in [6, 6.07) is 0. The van der Waals surface area contributed by atoms with E-state index in [0.29, 0.717) is 12.8 Å². The standard InChI is InChI=1S/C10H14O3/c1-3-10(4-2)8(12)5-7(11)6-9(10)13/h3-6H2,1-2H3. The summed E-state index contributed by atoms with van der Waals surface area (Å²) >= 11 is 0. The lowest BCUT2D eigenvalue weighted by Crippen LogP contribution is -2.44. The fraction of sp³-hybridized carbons (Fsp3) is 0.700. The van der Waals surface area contributed by atoms with Crippen molar-refractivity contribution in [1.82, 2.24) is 0 Å². The number of ketones is 3. The van der Waals surface area contributed by atoms with Gasteiger partial charge in [0.15, 0.2) is 11.6 Å². The van der Waals surface area contributed by atoms with Crippen LogP contribution in [0.1, 0.15) is 39.5 Å². The van der Waals surface area contributed by atoms with Gasteiger partial charge in [0, 0.05) is 0 Å². The van der Waals surface area contributed by atoms with E-state index in [9.17, 15) is 14.4 Å². The van der Waals surface area contributed by atoms with Crippen LogP contribution in [0.2, 0.25) is 0 Å². The van der Waals surface area contributed by atoms with Gasteiger partial charge in [-0.2, -0.15) is 0 Å². The van der Waals surface area contributed by atoms with Gasteiger partial charge in [0.1, 0.15) is 5.78 Å². The summed E-state index contributed by atoms with van der Waals surface area (Å²) in [6.07, 6.45) is 0.948. The second-order valence-electron chi connectivity index (χ2n) is 3.53. The lowest BCUT2D eigenvalue weighted by Gasteiger charge is -2.31. The fourth-order valence-corrected chi connectivity index (χ4v) is 1.95. The monoisotopic (exact) mass is 182 g/mol. The molecule has 1 rings (SSSR count). The van der Waals surface area contributed by atoms with Gasteiger partial charge in [-0.3, -0.25) is 14.4 Å². The minimum Gasteiger partial charge on any atom is -0.299 e. The Morgan fingerprint density at radius 2 is 1.38 bits per heavy atom. The molecule has 0 radical (unpaired) electrons. The van der Waals surface area contributed by atoms with Crippen molar-refractivity contribution in [3.05, 3.63) is 0 Å². The van der Waals surface area contributed by atoms with Gasteiger partial charge >= 0.3 is 0 Å². The molecule has 1 aliphatic carbocycles. The highest BCUT2D eigenvalue weighted by Crippen LogP contribution is 2.34. The Kier molecular flexibility index (Phi) is 2.64. The van der Waals surface area contributed by atoms with E-state index in [1.807, 2.05) is 13.8 Å². The Balaban J connectivity index is 3.01. The molecule has 0 heterocycles. The van der Waals surface area contributed by atoms with E-state index in [0.717, 1.165) is 0 Å². The van der Waals surface area contributed by atoms with Crippen LogP contribution in [0, 0.1) is 5.41 Å². The minimum atomic E-state index is -0.839. The average Bonchev–Trinajstić information content (AvgIpc) is 2.05. The van der Waals surface area contributed by atoms with Gasteiger partial charge in [-0.05, 0) is 12.8 Å². The molecule has 0 aliphatic heterocycles. The molecule has 0 amide bonds. The van der Waals surface area contributed by atoms with Crippen LogP contribution in [0.5, 0.6) is 0 Å².